The summed E-state index contributed by atoms with van der Waals surface area (Å²) in [5.41, 5.74) is 8.59. The lowest BCUT2D eigenvalue weighted by molar-refractivity contribution is -0.118. The zero-order valence-electron chi connectivity index (χ0n) is 14.5. The highest BCUT2D eigenvalue weighted by Crippen LogP contribution is 2.26. The Labute approximate surface area is 147 Å². The molecule has 2 aromatic rings. The van der Waals surface area contributed by atoms with Gasteiger partial charge in [-0.3, -0.25) is 4.79 Å². The van der Waals surface area contributed by atoms with Crippen LogP contribution in [0.5, 0.6) is 0 Å². The van der Waals surface area contributed by atoms with Crippen LogP contribution in [0.4, 0.5) is 5.69 Å². The van der Waals surface area contributed by atoms with Gasteiger partial charge < -0.3 is 11.1 Å². The smallest absolute Gasteiger partial charge is 0.241 e. The van der Waals surface area contributed by atoms with Crippen LogP contribution in [0.2, 0.25) is 0 Å². The Hall–Kier alpha value is -1.92. The number of carbonyl (C=O) groups is 1. The molecule has 0 aliphatic heterocycles. The molecule has 1 aromatic heterocycles. The Balaban J connectivity index is 2.01. The van der Waals surface area contributed by atoms with Crippen LogP contribution in [0.3, 0.4) is 0 Å². The van der Waals surface area contributed by atoms with E-state index in [0.29, 0.717) is 0 Å². The molecule has 6 heteroatoms. The lowest BCUT2D eigenvalue weighted by Gasteiger charge is -2.17. The predicted octanol–water partition coefficient (Wildman–Crippen LogP) is 3.56. The number of nitrogens with zero attached hydrogens (tertiary/aromatic N) is 2. The summed E-state index contributed by atoms with van der Waals surface area (Å²) in [5.74, 6) is 0.00364. The molecule has 1 amide bonds. The van der Waals surface area contributed by atoms with Gasteiger partial charge in [0.2, 0.25) is 5.91 Å². The number of hydrogen-bond acceptors (Lipinski definition) is 5. The number of benzene rings is 1. The van der Waals surface area contributed by atoms with Crippen molar-refractivity contribution in [2.45, 2.75) is 50.2 Å². The molecule has 5 nitrogen and oxygen atoms in total. The molecule has 1 aromatic carbocycles. The molecule has 24 heavy (non-hydrogen) atoms. The van der Waals surface area contributed by atoms with Crippen LogP contribution in [0.15, 0.2) is 40.4 Å². The minimum Gasteiger partial charge on any atom is -0.325 e. The Morgan fingerprint density at radius 1 is 1.21 bits per heavy atom. The summed E-state index contributed by atoms with van der Waals surface area (Å²) in [6.07, 6.45) is 0.875. The van der Waals surface area contributed by atoms with Crippen molar-refractivity contribution in [3.05, 3.63) is 41.7 Å². The number of amides is 1. The normalized spacial score (nSPS) is 13.4. The molecule has 2 unspecified atom stereocenters. The summed E-state index contributed by atoms with van der Waals surface area (Å²) in [6, 6.07) is 9.07. The Bertz CT molecular complexity index is 682. The summed E-state index contributed by atoms with van der Waals surface area (Å²) in [4.78, 5) is 22.0. The molecule has 2 rings (SSSR count). The molecule has 1 heterocycles. The van der Waals surface area contributed by atoms with Crippen molar-refractivity contribution in [2.24, 2.45) is 11.7 Å². The second kappa shape index (κ2) is 8.26. The van der Waals surface area contributed by atoms with Crippen LogP contribution < -0.4 is 11.1 Å². The van der Waals surface area contributed by atoms with Gasteiger partial charge in [0.05, 0.1) is 6.04 Å². The Morgan fingerprint density at radius 3 is 2.33 bits per heavy atom. The number of aryl methyl sites for hydroxylation is 2. The first kappa shape index (κ1) is 18.4. The number of rotatable bonds is 6. The average molecular weight is 344 g/mol. The molecule has 0 spiro atoms. The van der Waals surface area contributed by atoms with Crippen molar-refractivity contribution in [2.75, 3.05) is 5.32 Å². The van der Waals surface area contributed by atoms with E-state index < -0.39 is 6.04 Å². The van der Waals surface area contributed by atoms with Crippen molar-refractivity contribution in [3.63, 3.8) is 0 Å². The molecule has 0 fully saturated rings. The van der Waals surface area contributed by atoms with E-state index in [1.54, 1.807) is 0 Å². The van der Waals surface area contributed by atoms with Crippen LogP contribution in [-0.4, -0.2) is 21.9 Å². The topological polar surface area (TPSA) is 80.9 Å². The summed E-state index contributed by atoms with van der Waals surface area (Å²) in [7, 11) is 0. The van der Waals surface area contributed by atoms with Gasteiger partial charge >= 0.3 is 0 Å². The molecule has 0 aliphatic rings. The maximum Gasteiger partial charge on any atom is 0.241 e. The van der Waals surface area contributed by atoms with Gasteiger partial charge in [0.25, 0.3) is 0 Å². The third-order valence-electron chi connectivity index (χ3n) is 3.85. The van der Waals surface area contributed by atoms with Crippen molar-refractivity contribution in [1.82, 2.24) is 9.97 Å². The number of carbonyl (C=O) groups excluding carboxylic acids is 1. The monoisotopic (exact) mass is 344 g/mol. The number of nitrogens with two attached hydrogens (primary N) is 1. The van der Waals surface area contributed by atoms with Crippen molar-refractivity contribution < 1.29 is 4.79 Å². The van der Waals surface area contributed by atoms with Crippen LogP contribution in [0, 0.1) is 19.8 Å². The van der Waals surface area contributed by atoms with Crippen LogP contribution >= 0.6 is 11.8 Å². The quantitative estimate of drug-likeness (QED) is 0.783. The third kappa shape index (κ3) is 5.04. The first-order chi connectivity index (χ1) is 11.4. The van der Waals surface area contributed by atoms with Gasteiger partial charge in [0.1, 0.15) is 0 Å². The van der Waals surface area contributed by atoms with E-state index in [-0.39, 0.29) is 11.8 Å². The molecule has 2 atom stereocenters. The van der Waals surface area contributed by atoms with E-state index in [9.17, 15) is 4.79 Å². The van der Waals surface area contributed by atoms with Gasteiger partial charge in [-0.25, -0.2) is 9.97 Å². The van der Waals surface area contributed by atoms with Crippen LogP contribution in [-0.2, 0) is 4.79 Å². The maximum atomic E-state index is 12.1. The largest absolute Gasteiger partial charge is 0.325 e. The van der Waals surface area contributed by atoms with Gasteiger partial charge in [-0.15, -0.1) is 0 Å². The van der Waals surface area contributed by atoms with E-state index in [2.05, 4.69) is 15.3 Å². The van der Waals surface area contributed by atoms with E-state index in [4.69, 9.17) is 5.73 Å². The standard InChI is InChI=1S/C18H24N4OS/c1-5-11(2)16(19)17(23)22-14-6-8-15(9-7-14)24-18-20-12(3)10-13(4)21-18/h6-11,16H,5,19H2,1-4H3,(H,22,23). The highest BCUT2D eigenvalue weighted by molar-refractivity contribution is 7.99. The lowest BCUT2D eigenvalue weighted by Crippen LogP contribution is -2.40. The molecule has 0 radical (unpaired) electrons. The SMILES string of the molecule is CCC(C)C(N)C(=O)Nc1ccc(Sc2nc(C)cc(C)n2)cc1. The second-order valence-corrected chi connectivity index (χ2v) is 7.00. The highest BCUT2D eigenvalue weighted by atomic mass is 32.2. The first-order valence-electron chi connectivity index (χ1n) is 8.05. The van der Waals surface area contributed by atoms with Crippen molar-refractivity contribution >= 4 is 23.4 Å². The number of aromatic nitrogens is 2. The van der Waals surface area contributed by atoms with Crippen LogP contribution in [0.25, 0.3) is 0 Å². The van der Waals surface area contributed by atoms with E-state index in [1.807, 2.05) is 58.0 Å². The van der Waals surface area contributed by atoms with E-state index >= 15 is 0 Å². The van der Waals surface area contributed by atoms with Gasteiger partial charge in [0, 0.05) is 22.0 Å². The number of nitrogens with one attached hydrogen (secondary N) is 1. The van der Waals surface area contributed by atoms with Gasteiger partial charge in [-0.1, -0.05) is 20.3 Å². The maximum absolute atomic E-state index is 12.1. The van der Waals surface area contributed by atoms with E-state index in [1.165, 1.54) is 11.8 Å². The van der Waals surface area contributed by atoms with Crippen LogP contribution in [0.1, 0.15) is 31.7 Å². The zero-order chi connectivity index (χ0) is 17.7. The minimum absolute atomic E-state index is 0.151. The molecule has 128 valence electrons. The molecule has 0 bridgehead atoms. The van der Waals surface area contributed by atoms with Gasteiger partial charge in [0.15, 0.2) is 5.16 Å². The zero-order valence-corrected chi connectivity index (χ0v) is 15.4. The fraction of sp³-hybridized carbons (Fsp3) is 0.389. The summed E-state index contributed by atoms with van der Waals surface area (Å²) in [6.45, 7) is 7.92. The van der Waals surface area contributed by atoms with E-state index in [0.717, 1.165) is 33.5 Å². The molecule has 0 saturated carbocycles. The van der Waals surface area contributed by atoms with Gasteiger partial charge in [-0.2, -0.15) is 0 Å². The average Bonchev–Trinajstić information content (AvgIpc) is 2.54. The Kier molecular flexibility index (Phi) is 6.34. The molecule has 3 N–H and O–H groups in total. The lowest BCUT2D eigenvalue weighted by atomic mass is 9.99. The number of anilines is 1. The molecule has 0 aliphatic carbocycles. The summed E-state index contributed by atoms with van der Waals surface area (Å²) in [5, 5.41) is 3.59. The fourth-order valence-corrected chi connectivity index (χ4v) is 3.05. The third-order valence-corrected chi connectivity index (χ3v) is 4.73. The van der Waals surface area contributed by atoms with Crippen molar-refractivity contribution in [3.8, 4) is 0 Å². The first-order valence-corrected chi connectivity index (χ1v) is 8.87. The fourth-order valence-electron chi connectivity index (χ4n) is 2.19. The highest BCUT2D eigenvalue weighted by Gasteiger charge is 2.19. The molecule has 0 saturated heterocycles. The molecular formula is C18H24N4OS. The second-order valence-electron chi connectivity index (χ2n) is 5.96. The minimum atomic E-state index is -0.493. The van der Waals surface area contributed by atoms with Gasteiger partial charge in [-0.05, 0) is 61.9 Å². The predicted molar refractivity (Wildman–Crippen MR) is 98.1 cm³/mol. The summed E-state index contributed by atoms with van der Waals surface area (Å²) < 4.78 is 0. The summed E-state index contributed by atoms with van der Waals surface area (Å²) >= 11 is 1.50. The van der Waals surface area contributed by atoms with Crippen molar-refractivity contribution in [1.29, 1.82) is 0 Å². The Morgan fingerprint density at radius 2 is 1.79 bits per heavy atom. The molecular weight excluding hydrogens is 320 g/mol. The number of hydrogen-bond donors (Lipinski definition) is 2.